The molecule has 0 saturated carbocycles. The number of carbonyl (C=O) groups is 2. The van der Waals surface area contributed by atoms with Gasteiger partial charge in [-0.05, 0) is 71.1 Å². The van der Waals surface area contributed by atoms with E-state index in [9.17, 15) is 18.0 Å². The molecule has 0 radical (unpaired) electrons. The third kappa shape index (κ3) is 4.92. The summed E-state index contributed by atoms with van der Waals surface area (Å²) in [4.78, 5) is 27.0. The van der Waals surface area contributed by atoms with Crippen LogP contribution in [0.1, 0.15) is 29.8 Å². The number of hydrogen-bond donors (Lipinski definition) is 1. The van der Waals surface area contributed by atoms with Gasteiger partial charge < -0.3 is 14.4 Å². The minimum absolute atomic E-state index is 0.0931. The summed E-state index contributed by atoms with van der Waals surface area (Å²) in [6.45, 7) is 4.08. The molecule has 1 amide bonds. The molecule has 0 aliphatic carbocycles. The van der Waals surface area contributed by atoms with E-state index in [1.165, 1.54) is 26.4 Å². The van der Waals surface area contributed by atoms with Crippen LogP contribution in [0.25, 0.3) is 11.1 Å². The quantitative estimate of drug-likeness (QED) is 0.455. The van der Waals surface area contributed by atoms with Crippen LogP contribution in [0, 0.1) is 5.92 Å². The van der Waals surface area contributed by atoms with Crippen LogP contribution in [0.4, 0.5) is 5.69 Å². The zero-order chi connectivity index (χ0) is 26.0. The Hall–Kier alpha value is -3.85. The molecule has 36 heavy (non-hydrogen) atoms. The molecular formula is C27H28N2O6S. The van der Waals surface area contributed by atoms with Crippen LogP contribution in [0.3, 0.4) is 0 Å². The number of nitrogens with zero attached hydrogens (tertiary/aromatic N) is 1. The van der Waals surface area contributed by atoms with Crippen molar-refractivity contribution in [1.29, 1.82) is 0 Å². The Labute approximate surface area is 210 Å². The zero-order valence-corrected chi connectivity index (χ0v) is 21.3. The Balaban J connectivity index is 1.52. The number of esters is 1. The van der Waals surface area contributed by atoms with Crippen LogP contribution in [0.5, 0.6) is 5.75 Å². The lowest BCUT2D eigenvalue weighted by Gasteiger charge is -2.28. The van der Waals surface area contributed by atoms with Crippen molar-refractivity contribution >= 4 is 27.6 Å². The van der Waals surface area contributed by atoms with Gasteiger partial charge in [0.15, 0.2) is 0 Å². The highest BCUT2D eigenvalue weighted by Crippen LogP contribution is 2.32. The second-order valence-corrected chi connectivity index (χ2v) is 10.6. The fourth-order valence-electron chi connectivity index (χ4n) is 4.33. The predicted octanol–water partition coefficient (Wildman–Crippen LogP) is 4.32. The van der Waals surface area contributed by atoms with E-state index in [2.05, 4.69) is 4.72 Å². The highest BCUT2D eigenvalue weighted by atomic mass is 32.2. The number of nitrogens with one attached hydrogen (secondary N) is 1. The first kappa shape index (κ1) is 25.2. The summed E-state index contributed by atoms with van der Waals surface area (Å²) in [6, 6.07) is 18.0. The van der Waals surface area contributed by atoms with Gasteiger partial charge >= 0.3 is 5.97 Å². The summed E-state index contributed by atoms with van der Waals surface area (Å²) < 4.78 is 38.0. The normalized spacial score (nSPS) is 13.9. The molecule has 1 unspecified atom stereocenters. The van der Waals surface area contributed by atoms with Gasteiger partial charge in [-0.15, -0.1) is 0 Å². The van der Waals surface area contributed by atoms with Crippen molar-refractivity contribution in [3.63, 3.8) is 0 Å². The Morgan fingerprint density at radius 1 is 0.944 bits per heavy atom. The van der Waals surface area contributed by atoms with Crippen LogP contribution >= 0.6 is 0 Å². The van der Waals surface area contributed by atoms with Gasteiger partial charge in [-0.25, -0.2) is 13.2 Å². The topological polar surface area (TPSA) is 102 Å². The van der Waals surface area contributed by atoms with Crippen LogP contribution < -0.4 is 9.46 Å². The molecule has 188 valence electrons. The maximum atomic E-state index is 13.0. The number of anilines is 1. The summed E-state index contributed by atoms with van der Waals surface area (Å²) in [5.74, 6) is -0.144. The van der Waals surface area contributed by atoms with E-state index >= 15 is 0 Å². The molecule has 1 heterocycles. The molecular weight excluding hydrogens is 480 g/mol. The van der Waals surface area contributed by atoms with E-state index in [4.69, 9.17) is 9.47 Å². The zero-order valence-electron chi connectivity index (χ0n) is 20.5. The number of benzene rings is 3. The largest absolute Gasteiger partial charge is 0.497 e. The average molecular weight is 509 g/mol. The number of hydrogen-bond acceptors (Lipinski definition) is 6. The summed E-state index contributed by atoms with van der Waals surface area (Å²) in [6.07, 6.45) is 0. The summed E-state index contributed by atoms with van der Waals surface area (Å²) in [7, 11) is -0.907. The molecule has 1 aliphatic heterocycles. The lowest BCUT2D eigenvalue weighted by atomic mass is 10.0. The Bertz CT molecular complexity index is 1380. The van der Waals surface area contributed by atoms with Crippen molar-refractivity contribution in [3.8, 4) is 16.9 Å². The number of methoxy groups -OCH3 is 2. The number of amides is 1. The molecule has 1 atom stereocenters. The molecule has 0 bridgehead atoms. The molecule has 0 fully saturated rings. The van der Waals surface area contributed by atoms with Crippen LogP contribution in [0.15, 0.2) is 71.6 Å². The van der Waals surface area contributed by atoms with E-state index in [-0.39, 0.29) is 16.7 Å². The van der Waals surface area contributed by atoms with E-state index in [0.717, 1.165) is 16.7 Å². The van der Waals surface area contributed by atoms with Crippen molar-refractivity contribution in [2.45, 2.75) is 31.3 Å². The Morgan fingerprint density at radius 3 is 2.17 bits per heavy atom. The Morgan fingerprint density at radius 2 is 1.58 bits per heavy atom. The standard InChI is InChI=1S/C27H28N2O6S/c1-17(2)25(27(31)35-4)29-16-20-15-19(7-14-24(20)26(29)30)18-5-8-21(9-6-18)28-36(32,33)23-12-10-22(34-3)11-13-23/h5-15,17,25,28H,16H2,1-4H3. The fourth-order valence-corrected chi connectivity index (χ4v) is 5.39. The number of ether oxygens (including phenoxy) is 2. The average Bonchev–Trinajstić information content (AvgIpc) is 3.19. The van der Waals surface area contributed by atoms with E-state index in [1.54, 1.807) is 35.2 Å². The molecule has 0 saturated heterocycles. The minimum Gasteiger partial charge on any atom is -0.497 e. The van der Waals surface area contributed by atoms with Crippen molar-refractivity contribution in [2.75, 3.05) is 18.9 Å². The molecule has 4 rings (SSSR count). The molecule has 8 nitrogen and oxygen atoms in total. The molecule has 1 N–H and O–H groups in total. The highest BCUT2D eigenvalue weighted by molar-refractivity contribution is 7.92. The maximum Gasteiger partial charge on any atom is 0.328 e. The minimum atomic E-state index is -3.75. The molecule has 3 aromatic rings. The van der Waals surface area contributed by atoms with Crippen LogP contribution in [-0.4, -0.2) is 45.5 Å². The molecule has 0 aromatic heterocycles. The lowest BCUT2D eigenvalue weighted by Crippen LogP contribution is -2.45. The van der Waals surface area contributed by atoms with Gasteiger partial charge in [0, 0.05) is 17.8 Å². The summed E-state index contributed by atoms with van der Waals surface area (Å²) >= 11 is 0. The second kappa shape index (κ2) is 10.0. The van der Waals surface area contributed by atoms with Gasteiger partial charge in [0.25, 0.3) is 15.9 Å². The van der Waals surface area contributed by atoms with Crippen LogP contribution in [-0.2, 0) is 26.1 Å². The van der Waals surface area contributed by atoms with E-state index < -0.39 is 22.0 Å². The number of sulfonamides is 1. The van der Waals surface area contributed by atoms with E-state index in [1.807, 2.05) is 38.1 Å². The monoisotopic (exact) mass is 508 g/mol. The lowest BCUT2D eigenvalue weighted by molar-refractivity contribution is -0.147. The smallest absolute Gasteiger partial charge is 0.328 e. The number of fused-ring (bicyclic) bond motifs is 1. The first-order valence-electron chi connectivity index (χ1n) is 11.4. The van der Waals surface area contributed by atoms with Gasteiger partial charge in [-0.3, -0.25) is 9.52 Å². The van der Waals surface area contributed by atoms with E-state index in [0.29, 0.717) is 23.5 Å². The molecule has 0 spiro atoms. The fraction of sp³-hybridized carbons (Fsp3) is 0.259. The third-order valence-electron chi connectivity index (χ3n) is 6.19. The van der Waals surface area contributed by atoms with Crippen molar-refractivity contribution in [3.05, 3.63) is 77.9 Å². The van der Waals surface area contributed by atoms with Gasteiger partial charge in [0.1, 0.15) is 11.8 Å². The molecule has 9 heteroatoms. The van der Waals surface area contributed by atoms with Gasteiger partial charge in [0.05, 0.1) is 19.1 Å². The van der Waals surface area contributed by atoms with Gasteiger partial charge in [-0.1, -0.05) is 32.0 Å². The number of carbonyl (C=O) groups excluding carboxylic acids is 2. The van der Waals surface area contributed by atoms with Crippen molar-refractivity contribution in [2.24, 2.45) is 5.92 Å². The first-order valence-corrected chi connectivity index (χ1v) is 12.9. The molecule has 3 aromatic carbocycles. The van der Waals surface area contributed by atoms with Gasteiger partial charge in [-0.2, -0.15) is 0 Å². The predicted molar refractivity (Wildman–Crippen MR) is 136 cm³/mol. The Kier molecular flexibility index (Phi) is 7.03. The van der Waals surface area contributed by atoms with Crippen molar-refractivity contribution in [1.82, 2.24) is 4.90 Å². The summed E-state index contributed by atoms with van der Waals surface area (Å²) in [5, 5.41) is 0. The molecule has 1 aliphatic rings. The highest BCUT2D eigenvalue weighted by Gasteiger charge is 2.38. The summed E-state index contributed by atoms with van der Waals surface area (Å²) in [5.41, 5.74) is 3.57. The van der Waals surface area contributed by atoms with Crippen LogP contribution in [0.2, 0.25) is 0 Å². The second-order valence-electron chi connectivity index (χ2n) is 8.88. The third-order valence-corrected chi connectivity index (χ3v) is 7.58. The maximum absolute atomic E-state index is 13.0. The van der Waals surface area contributed by atoms with Gasteiger partial charge in [0.2, 0.25) is 0 Å². The SMILES string of the molecule is COC(=O)C(C(C)C)N1Cc2cc(-c3ccc(NS(=O)(=O)c4ccc(OC)cc4)cc3)ccc2C1=O. The van der Waals surface area contributed by atoms with Crippen molar-refractivity contribution < 1.29 is 27.5 Å². The number of rotatable bonds is 8. The first-order chi connectivity index (χ1) is 17.1.